The van der Waals surface area contributed by atoms with Gasteiger partial charge in [-0.25, -0.2) is 12.2 Å². The van der Waals surface area contributed by atoms with Crippen molar-refractivity contribution in [3.63, 3.8) is 0 Å². The van der Waals surface area contributed by atoms with Crippen molar-refractivity contribution in [3.05, 3.63) is 90.5 Å². The van der Waals surface area contributed by atoms with Crippen molar-refractivity contribution in [1.29, 1.82) is 0 Å². The predicted octanol–water partition coefficient (Wildman–Crippen LogP) is 4.80. The van der Waals surface area contributed by atoms with E-state index in [9.17, 15) is 0 Å². The van der Waals surface area contributed by atoms with Gasteiger partial charge in [-0.3, -0.25) is 6.08 Å². The molecule has 0 fully saturated rings. The summed E-state index contributed by atoms with van der Waals surface area (Å²) in [6.07, 6.45) is 10.0. The van der Waals surface area contributed by atoms with Crippen LogP contribution < -0.4 is 10.6 Å². The summed E-state index contributed by atoms with van der Waals surface area (Å²) in [7, 11) is 0.759. The van der Waals surface area contributed by atoms with Gasteiger partial charge in [-0.1, -0.05) is 38.9 Å². The summed E-state index contributed by atoms with van der Waals surface area (Å²) in [6, 6.07) is 21.8. The summed E-state index contributed by atoms with van der Waals surface area (Å²) in [5, 5.41) is 5.58. The Labute approximate surface area is 155 Å². The van der Waals surface area contributed by atoms with Crippen LogP contribution in [0.3, 0.4) is 0 Å². The second-order valence-corrected chi connectivity index (χ2v) is 6.68. The van der Waals surface area contributed by atoms with E-state index in [0.29, 0.717) is 0 Å². The minimum atomic E-state index is 0. The van der Waals surface area contributed by atoms with Gasteiger partial charge in [0.2, 0.25) is 0 Å². The SMILES string of the molecule is Cc1ccccc1Pc1cc2ccccc2[cH-]1.[C-]1=CC=CC1.[Ti+2]. The van der Waals surface area contributed by atoms with Crippen LogP contribution in [0, 0.1) is 13.0 Å². The first-order valence-electron chi connectivity index (χ1n) is 7.53. The predicted molar refractivity (Wildman–Crippen MR) is 99.9 cm³/mol. The maximum absolute atomic E-state index is 2.99. The molecule has 0 radical (unpaired) electrons. The third-order valence-electron chi connectivity index (χ3n) is 3.63. The van der Waals surface area contributed by atoms with Gasteiger partial charge in [0, 0.05) is 0 Å². The van der Waals surface area contributed by atoms with Crippen molar-refractivity contribution in [3.8, 4) is 0 Å². The molecule has 0 bridgehead atoms. The van der Waals surface area contributed by atoms with Gasteiger partial charge in [-0.15, -0.1) is 46.8 Å². The van der Waals surface area contributed by atoms with Gasteiger partial charge in [0.05, 0.1) is 0 Å². The molecule has 0 spiro atoms. The van der Waals surface area contributed by atoms with Crippen LogP contribution in [0.4, 0.5) is 0 Å². The Balaban J connectivity index is 0.000000276. The van der Waals surface area contributed by atoms with E-state index in [0.717, 1.165) is 15.0 Å². The van der Waals surface area contributed by atoms with E-state index in [-0.39, 0.29) is 21.7 Å². The first-order valence-corrected chi connectivity index (χ1v) is 8.53. The number of rotatable bonds is 2. The standard InChI is InChI=1S/C16H14P.C5H5.Ti/c1-12-6-2-5-9-16(12)17-15-10-13-7-3-4-8-14(13)11-15;1-2-4-5-3-1;/h2-11,17H,1H3;1-3H,4H2;/q2*-1;+2. The molecule has 1 atom stereocenters. The van der Waals surface area contributed by atoms with Gasteiger partial charge < -0.3 is 0 Å². The number of fused-ring (bicyclic) bond motifs is 1. The normalized spacial score (nSPS) is 12.4. The molecule has 0 amide bonds. The Morgan fingerprint density at radius 3 is 2.48 bits per heavy atom. The number of aryl methyl sites for hydroxylation is 1. The van der Waals surface area contributed by atoms with Gasteiger partial charge in [0.15, 0.2) is 0 Å². The first-order chi connectivity index (χ1) is 10.8. The molecule has 0 saturated carbocycles. The largest absolute Gasteiger partial charge is 2.00 e. The second-order valence-electron chi connectivity index (χ2n) is 5.32. The molecule has 0 aromatic heterocycles. The van der Waals surface area contributed by atoms with Gasteiger partial charge in [-0.2, -0.15) is 12.1 Å². The van der Waals surface area contributed by atoms with Crippen LogP contribution in [-0.2, 0) is 21.7 Å². The Morgan fingerprint density at radius 1 is 1.04 bits per heavy atom. The van der Waals surface area contributed by atoms with Crippen LogP contribution in [0.2, 0.25) is 0 Å². The van der Waals surface area contributed by atoms with Crippen molar-refractivity contribution in [2.45, 2.75) is 13.3 Å². The second kappa shape index (κ2) is 9.09. The fraction of sp³-hybridized carbons (Fsp3) is 0.0952. The number of hydrogen-bond donors (Lipinski definition) is 0. The topological polar surface area (TPSA) is 0 Å². The fourth-order valence-electron chi connectivity index (χ4n) is 2.43. The average Bonchev–Trinajstić information content (AvgIpc) is 3.21. The summed E-state index contributed by atoms with van der Waals surface area (Å²) >= 11 is 0. The first kappa shape index (κ1) is 18.0. The zero-order valence-corrected chi connectivity index (χ0v) is 15.8. The van der Waals surface area contributed by atoms with Crippen LogP contribution >= 0.6 is 8.58 Å². The van der Waals surface area contributed by atoms with Crippen LogP contribution in [-0.4, -0.2) is 0 Å². The van der Waals surface area contributed by atoms with E-state index in [2.05, 4.69) is 79.7 Å². The molecule has 0 heterocycles. The molecule has 1 aliphatic carbocycles. The zero-order chi connectivity index (χ0) is 15.2. The van der Waals surface area contributed by atoms with Crippen LogP contribution in [0.25, 0.3) is 10.8 Å². The molecule has 2 heteroatoms. The fourth-order valence-corrected chi connectivity index (χ4v) is 3.66. The molecule has 1 unspecified atom stereocenters. The summed E-state index contributed by atoms with van der Waals surface area (Å²) in [6.45, 7) is 2.19. The van der Waals surface area contributed by atoms with E-state index in [1.165, 1.54) is 26.9 Å². The summed E-state index contributed by atoms with van der Waals surface area (Å²) in [4.78, 5) is 0. The van der Waals surface area contributed by atoms with E-state index < -0.39 is 0 Å². The molecule has 3 aromatic rings. The molecule has 0 nitrogen and oxygen atoms in total. The van der Waals surface area contributed by atoms with Crippen LogP contribution in [0.15, 0.2) is 78.9 Å². The van der Waals surface area contributed by atoms with Crippen molar-refractivity contribution in [2.24, 2.45) is 0 Å². The molecule has 112 valence electrons. The zero-order valence-electron chi connectivity index (χ0n) is 13.2. The summed E-state index contributed by atoms with van der Waals surface area (Å²) < 4.78 is 0. The minimum absolute atomic E-state index is 0. The molecule has 23 heavy (non-hydrogen) atoms. The maximum atomic E-state index is 2.99. The Morgan fingerprint density at radius 2 is 1.83 bits per heavy atom. The van der Waals surface area contributed by atoms with E-state index in [4.69, 9.17) is 0 Å². The number of allylic oxidation sites excluding steroid dienone is 4. The summed E-state index contributed by atoms with van der Waals surface area (Å²) in [5.74, 6) is 0. The van der Waals surface area contributed by atoms with Gasteiger partial charge in [0.25, 0.3) is 0 Å². The van der Waals surface area contributed by atoms with Crippen molar-refractivity contribution in [2.75, 3.05) is 0 Å². The third-order valence-corrected chi connectivity index (χ3v) is 5.04. The Hall–Kier alpha value is -1.33. The van der Waals surface area contributed by atoms with E-state index >= 15 is 0 Å². The Kier molecular flexibility index (Phi) is 7.12. The van der Waals surface area contributed by atoms with Crippen LogP contribution in [0.1, 0.15) is 12.0 Å². The molecular formula is C21H19PTi. The molecular weight excluding hydrogens is 331 g/mol. The van der Waals surface area contributed by atoms with E-state index in [1.54, 1.807) is 0 Å². The number of benzene rings is 2. The third kappa shape index (κ3) is 5.08. The van der Waals surface area contributed by atoms with Gasteiger partial charge in [0.1, 0.15) is 0 Å². The molecule has 3 aromatic carbocycles. The van der Waals surface area contributed by atoms with Crippen LogP contribution in [0.5, 0.6) is 0 Å². The smallest absolute Gasteiger partial charge is 0.273 e. The molecule has 0 N–H and O–H groups in total. The molecule has 4 rings (SSSR count). The minimum Gasteiger partial charge on any atom is -0.273 e. The van der Waals surface area contributed by atoms with Crippen molar-refractivity contribution < 1.29 is 21.7 Å². The molecule has 0 aliphatic heterocycles. The van der Waals surface area contributed by atoms with E-state index in [1.807, 2.05) is 12.2 Å². The van der Waals surface area contributed by atoms with Gasteiger partial charge >= 0.3 is 21.7 Å². The van der Waals surface area contributed by atoms with Crippen molar-refractivity contribution in [1.82, 2.24) is 0 Å². The molecule has 0 saturated heterocycles. The molecule has 1 aliphatic rings. The van der Waals surface area contributed by atoms with Crippen molar-refractivity contribution >= 4 is 30.0 Å². The monoisotopic (exact) mass is 350 g/mol. The Bertz CT molecular complexity index is 768. The number of hydrogen-bond acceptors (Lipinski definition) is 0. The van der Waals surface area contributed by atoms with Gasteiger partial charge in [-0.05, 0) is 17.8 Å². The summed E-state index contributed by atoms with van der Waals surface area (Å²) in [5.41, 5.74) is 1.39. The maximum Gasteiger partial charge on any atom is 2.00 e. The average molecular weight is 350 g/mol. The quantitative estimate of drug-likeness (QED) is 0.354.